The molecular weight excluding hydrogens is 230 g/mol. The Hall–Kier alpha value is -1.55. The molecule has 1 aromatic rings. The van der Waals surface area contributed by atoms with Gasteiger partial charge in [-0.1, -0.05) is 19.1 Å². The van der Waals surface area contributed by atoms with E-state index in [4.69, 9.17) is 9.84 Å². The number of fused-ring (bicyclic) bond motifs is 1. The maximum absolute atomic E-state index is 12.1. The van der Waals surface area contributed by atoms with Gasteiger partial charge in [-0.25, -0.2) is 0 Å². The van der Waals surface area contributed by atoms with Crippen LogP contribution in [0.15, 0.2) is 18.2 Å². The van der Waals surface area contributed by atoms with Crippen molar-refractivity contribution in [3.63, 3.8) is 0 Å². The highest BCUT2D eigenvalue weighted by Crippen LogP contribution is 2.40. The molecule has 3 atom stereocenters. The number of ether oxygens (including phenoxy) is 1. The lowest BCUT2D eigenvalue weighted by atomic mass is 9.97. The Morgan fingerprint density at radius 3 is 2.89 bits per heavy atom. The summed E-state index contributed by atoms with van der Waals surface area (Å²) in [5.41, 5.74) is 1.62. The highest BCUT2D eigenvalue weighted by molar-refractivity contribution is 5.97. The lowest BCUT2D eigenvalue weighted by Gasteiger charge is -2.13. The molecule has 98 valence electrons. The zero-order valence-electron chi connectivity index (χ0n) is 10.9. The van der Waals surface area contributed by atoms with Crippen molar-refractivity contribution in [3.8, 4) is 5.75 Å². The van der Waals surface area contributed by atoms with Crippen LogP contribution in [0, 0.1) is 0 Å². The van der Waals surface area contributed by atoms with Gasteiger partial charge in [-0.2, -0.15) is 0 Å². The third-order valence-corrected chi connectivity index (χ3v) is 3.44. The van der Waals surface area contributed by atoms with Gasteiger partial charge in [0, 0.05) is 17.5 Å². The molecule has 1 aliphatic heterocycles. The number of aliphatic hydroxyl groups is 1. The van der Waals surface area contributed by atoms with E-state index in [1.807, 2.05) is 19.1 Å². The van der Waals surface area contributed by atoms with Gasteiger partial charge < -0.3 is 15.2 Å². The van der Waals surface area contributed by atoms with E-state index in [0.717, 1.165) is 5.56 Å². The Labute approximate surface area is 107 Å². The van der Waals surface area contributed by atoms with Gasteiger partial charge in [-0.3, -0.25) is 4.79 Å². The average molecular weight is 249 g/mol. The molecule has 1 heterocycles. The molecular formula is C14H19NO3. The smallest absolute Gasteiger partial charge is 0.255 e. The number of hydrogen-bond acceptors (Lipinski definition) is 3. The minimum absolute atomic E-state index is 0.0750. The van der Waals surface area contributed by atoms with E-state index in [0.29, 0.717) is 17.2 Å². The maximum atomic E-state index is 12.1. The number of hydrogen-bond donors (Lipinski definition) is 2. The first-order valence-corrected chi connectivity index (χ1v) is 6.26. The van der Waals surface area contributed by atoms with Crippen LogP contribution in [-0.2, 0) is 0 Å². The van der Waals surface area contributed by atoms with Crippen molar-refractivity contribution in [2.75, 3.05) is 6.61 Å². The van der Waals surface area contributed by atoms with Gasteiger partial charge in [-0.05, 0) is 19.9 Å². The number of carbonyl (C=O) groups excluding carboxylic acids is 1. The van der Waals surface area contributed by atoms with E-state index >= 15 is 0 Å². The molecule has 0 aliphatic carbocycles. The summed E-state index contributed by atoms with van der Waals surface area (Å²) in [6, 6.07) is 5.36. The SMILES string of the molecule is CC1Oc2c(C(=O)N[C@H](C)CO)cccc2C1C. The number of amides is 1. The molecule has 0 saturated carbocycles. The third-order valence-electron chi connectivity index (χ3n) is 3.44. The van der Waals surface area contributed by atoms with Gasteiger partial charge in [0.25, 0.3) is 5.91 Å². The van der Waals surface area contributed by atoms with Crippen LogP contribution in [0.2, 0.25) is 0 Å². The van der Waals surface area contributed by atoms with Crippen molar-refractivity contribution in [2.24, 2.45) is 0 Å². The number of rotatable bonds is 3. The van der Waals surface area contributed by atoms with Crippen molar-refractivity contribution in [3.05, 3.63) is 29.3 Å². The van der Waals surface area contributed by atoms with Crippen molar-refractivity contribution in [1.82, 2.24) is 5.32 Å². The number of benzene rings is 1. The second kappa shape index (κ2) is 4.98. The summed E-state index contributed by atoms with van der Waals surface area (Å²) in [4.78, 5) is 12.1. The summed E-state index contributed by atoms with van der Waals surface area (Å²) in [6.45, 7) is 5.78. The maximum Gasteiger partial charge on any atom is 0.255 e. The molecule has 18 heavy (non-hydrogen) atoms. The minimum atomic E-state index is -0.260. The van der Waals surface area contributed by atoms with Crippen LogP contribution in [0.25, 0.3) is 0 Å². The topological polar surface area (TPSA) is 58.6 Å². The Bertz CT molecular complexity index is 458. The van der Waals surface area contributed by atoms with Crippen molar-refractivity contribution in [2.45, 2.75) is 38.8 Å². The summed E-state index contributed by atoms with van der Waals surface area (Å²) in [5.74, 6) is 0.776. The monoisotopic (exact) mass is 249 g/mol. The van der Waals surface area contributed by atoms with Gasteiger partial charge in [0.05, 0.1) is 12.2 Å². The van der Waals surface area contributed by atoms with Crippen molar-refractivity contribution in [1.29, 1.82) is 0 Å². The summed E-state index contributed by atoms with van der Waals surface area (Å²) in [6.07, 6.45) is 0.0872. The Morgan fingerprint density at radius 2 is 2.22 bits per heavy atom. The van der Waals surface area contributed by atoms with E-state index < -0.39 is 0 Å². The Balaban J connectivity index is 2.28. The summed E-state index contributed by atoms with van der Waals surface area (Å²) in [7, 11) is 0. The summed E-state index contributed by atoms with van der Waals surface area (Å²) >= 11 is 0. The third kappa shape index (κ3) is 2.20. The predicted octanol–water partition coefficient (Wildman–Crippen LogP) is 1.68. The molecule has 1 amide bonds. The zero-order valence-corrected chi connectivity index (χ0v) is 10.9. The molecule has 1 aromatic carbocycles. The van der Waals surface area contributed by atoms with Gasteiger partial charge in [0.2, 0.25) is 0 Å². The van der Waals surface area contributed by atoms with E-state index in [1.54, 1.807) is 13.0 Å². The van der Waals surface area contributed by atoms with Crippen LogP contribution in [0.3, 0.4) is 0 Å². The zero-order chi connectivity index (χ0) is 13.3. The summed E-state index contributed by atoms with van der Waals surface area (Å²) < 4.78 is 5.76. The quantitative estimate of drug-likeness (QED) is 0.857. The van der Waals surface area contributed by atoms with E-state index in [2.05, 4.69) is 12.2 Å². The number of carbonyl (C=O) groups is 1. The molecule has 2 unspecified atom stereocenters. The van der Waals surface area contributed by atoms with Gasteiger partial charge in [0.15, 0.2) is 0 Å². The number of nitrogens with one attached hydrogen (secondary N) is 1. The highest BCUT2D eigenvalue weighted by atomic mass is 16.5. The first kappa shape index (κ1) is 12.9. The fourth-order valence-corrected chi connectivity index (χ4v) is 2.11. The van der Waals surface area contributed by atoms with E-state index in [-0.39, 0.29) is 24.7 Å². The normalized spacial score (nSPS) is 23.1. The Morgan fingerprint density at radius 1 is 1.50 bits per heavy atom. The fourth-order valence-electron chi connectivity index (χ4n) is 2.11. The highest BCUT2D eigenvalue weighted by Gasteiger charge is 2.31. The minimum Gasteiger partial charge on any atom is -0.489 e. The van der Waals surface area contributed by atoms with Crippen LogP contribution in [-0.4, -0.2) is 29.8 Å². The molecule has 4 nitrogen and oxygen atoms in total. The van der Waals surface area contributed by atoms with Gasteiger partial charge in [-0.15, -0.1) is 0 Å². The van der Waals surface area contributed by atoms with Crippen molar-refractivity contribution < 1.29 is 14.6 Å². The molecule has 4 heteroatoms. The van der Waals surface area contributed by atoms with E-state index in [1.165, 1.54) is 0 Å². The van der Waals surface area contributed by atoms with Gasteiger partial charge in [0.1, 0.15) is 11.9 Å². The Kier molecular flexibility index (Phi) is 3.57. The number of aliphatic hydroxyl groups excluding tert-OH is 1. The van der Waals surface area contributed by atoms with Crippen LogP contribution < -0.4 is 10.1 Å². The standard InChI is InChI=1S/C14H19NO3/c1-8(7-16)15-14(17)12-6-4-5-11-9(2)10(3)18-13(11)12/h4-6,8-10,16H,7H2,1-3H3,(H,15,17)/t8-,9?,10?/m1/s1. The molecule has 2 N–H and O–H groups in total. The molecule has 0 aromatic heterocycles. The van der Waals surface area contributed by atoms with Crippen LogP contribution in [0.1, 0.15) is 42.6 Å². The van der Waals surface area contributed by atoms with Gasteiger partial charge >= 0.3 is 0 Å². The van der Waals surface area contributed by atoms with Crippen molar-refractivity contribution >= 4 is 5.91 Å². The van der Waals surface area contributed by atoms with Crippen LogP contribution in [0.5, 0.6) is 5.75 Å². The van der Waals surface area contributed by atoms with Crippen LogP contribution >= 0.6 is 0 Å². The molecule has 0 fully saturated rings. The molecule has 0 spiro atoms. The second-order valence-electron chi connectivity index (χ2n) is 4.89. The predicted molar refractivity (Wildman–Crippen MR) is 69.0 cm³/mol. The first-order chi connectivity index (χ1) is 8.54. The lowest BCUT2D eigenvalue weighted by molar-refractivity contribution is 0.0917. The fraction of sp³-hybridized carbons (Fsp3) is 0.500. The average Bonchev–Trinajstić information content (AvgIpc) is 2.65. The molecule has 2 rings (SSSR count). The lowest BCUT2D eigenvalue weighted by Crippen LogP contribution is -2.35. The first-order valence-electron chi connectivity index (χ1n) is 6.26. The second-order valence-corrected chi connectivity index (χ2v) is 4.89. The summed E-state index contributed by atoms with van der Waals surface area (Å²) in [5, 5.41) is 11.7. The molecule has 0 radical (unpaired) electrons. The number of para-hydroxylation sites is 1. The largest absolute Gasteiger partial charge is 0.489 e. The van der Waals surface area contributed by atoms with E-state index in [9.17, 15) is 4.79 Å². The molecule has 1 aliphatic rings. The van der Waals surface area contributed by atoms with Crippen LogP contribution in [0.4, 0.5) is 0 Å². The molecule has 0 saturated heterocycles. The molecule has 0 bridgehead atoms.